The van der Waals surface area contributed by atoms with E-state index < -0.39 is 0 Å². The highest BCUT2D eigenvalue weighted by molar-refractivity contribution is 5.97. The second-order valence-corrected chi connectivity index (χ2v) is 4.25. The predicted molar refractivity (Wildman–Crippen MR) is 72.3 cm³/mol. The van der Waals surface area contributed by atoms with Crippen molar-refractivity contribution in [2.75, 3.05) is 12.8 Å². The van der Waals surface area contributed by atoms with E-state index in [1.807, 2.05) is 25.1 Å². The van der Waals surface area contributed by atoms with Gasteiger partial charge in [0.25, 0.3) is 5.91 Å². The summed E-state index contributed by atoms with van der Waals surface area (Å²) in [6, 6.07) is 5.62. The Morgan fingerprint density at radius 2 is 2.26 bits per heavy atom. The maximum Gasteiger partial charge on any atom is 0.274 e. The molecule has 2 rings (SSSR count). The van der Waals surface area contributed by atoms with Crippen LogP contribution in [0, 0.1) is 0 Å². The van der Waals surface area contributed by atoms with Crippen molar-refractivity contribution in [1.82, 2.24) is 19.7 Å². The largest absolute Gasteiger partial charge is 0.396 e. The first-order valence-corrected chi connectivity index (χ1v) is 6.10. The number of carbonyl (C=O) groups excluding carboxylic acids is 1. The molecule has 2 heterocycles. The summed E-state index contributed by atoms with van der Waals surface area (Å²) in [5, 5.41) is 4.07. The van der Waals surface area contributed by atoms with Gasteiger partial charge in [-0.3, -0.25) is 14.5 Å². The lowest BCUT2D eigenvalue weighted by Gasteiger charge is -2.17. The van der Waals surface area contributed by atoms with E-state index in [0.29, 0.717) is 24.5 Å². The third kappa shape index (κ3) is 2.73. The van der Waals surface area contributed by atoms with Crippen molar-refractivity contribution >= 4 is 11.6 Å². The molecule has 19 heavy (non-hydrogen) atoms. The summed E-state index contributed by atoms with van der Waals surface area (Å²) in [6.07, 6.45) is 3.21. The van der Waals surface area contributed by atoms with Crippen molar-refractivity contribution in [2.24, 2.45) is 0 Å². The number of hydrogen-bond acceptors (Lipinski definition) is 4. The monoisotopic (exact) mass is 259 g/mol. The molecule has 0 saturated carbocycles. The van der Waals surface area contributed by atoms with Gasteiger partial charge >= 0.3 is 0 Å². The fraction of sp³-hybridized carbons (Fsp3) is 0.308. The van der Waals surface area contributed by atoms with Gasteiger partial charge in [-0.2, -0.15) is 5.10 Å². The first kappa shape index (κ1) is 13.1. The van der Waals surface area contributed by atoms with Crippen LogP contribution in [-0.2, 0) is 13.1 Å². The molecule has 1 amide bonds. The molecule has 0 aliphatic rings. The molecule has 0 spiro atoms. The van der Waals surface area contributed by atoms with E-state index in [2.05, 4.69) is 10.1 Å². The average molecular weight is 259 g/mol. The van der Waals surface area contributed by atoms with E-state index in [1.54, 1.807) is 22.8 Å². The summed E-state index contributed by atoms with van der Waals surface area (Å²) in [6.45, 7) is 2.96. The number of amides is 1. The molecule has 0 unspecified atom stereocenters. The number of nitrogen functional groups attached to an aromatic ring is 1. The summed E-state index contributed by atoms with van der Waals surface area (Å²) >= 11 is 0. The first-order chi connectivity index (χ1) is 9.13. The summed E-state index contributed by atoms with van der Waals surface area (Å²) in [7, 11) is 1.73. The summed E-state index contributed by atoms with van der Waals surface area (Å²) in [5.41, 5.74) is 7.47. The minimum absolute atomic E-state index is 0.150. The maximum absolute atomic E-state index is 12.4. The summed E-state index contributed by atoms with van der Waals surface area (Å²) < 4.78 is 1.60. The lowest BCUT2D eigenvalue weighted by molar-refractivity contribution is 0.0772. The van der Waals surface area contributed by atoms with Gasteiger partial charge in [-0.1, -0.05) is 6.07 Å². The lowest BCUT2D eigenvalue weighted by atomic mass is 10.3. The Labute approximate surface area is 111 Å². The number of hydrogen-bond donors (Lipinski definition) is 1. The molecule has 0 radical (unpaired) electrons. The van der Waals surface area contributed by atoms with Crippen molar-refractivity contribution < 1.29 is 4.79 Å². The molecule has 6 nitrogen and oxygen atoms in total. The minimum atomic E-state index is -0.150. The Kier molecular flexibility index (Phi) is 3.79. The molecule has 0 aliphatic heterocycles. The molecule has 0 fully saturated rings. The van der Waals surface area contributed by atoms with Gasteiger partial charge in [0.15, 0.2) is 0 Å². The summed E-state index contributed by atoms with van der Waals surface area (Å²) in [5.74, 6) is -0.150. The Hall–Kier alpha value is -2.37. The zero-order valence-electron chi connectivity index (χ0n) is 11.1. The van der Waals surface area contributed by atoms with Crippen LogP contribution >= 0.6 is 0 Å². The topological polar surface area (TPSA) is 77.0 Å². The molecule has 0 aliphatic carbocycles. The fourth-order valence-corrected chi connectivity index (χ4v) is 1.86. The molecule has 2 aromatic rings. The van der Waals surface area contributed by atoms with Crippen molar-refractivity contribution in [2.45, 2.75) is 20.0 Å². The highest BCUT2D eigenvalue weighted by Crippen LogP contribution is 2.14. The standard InChI is InChI=1S/C13H17N5O/c1-3-18-12(11(14)8-16-18)13(19)17(2)9-10-6-4-5-7-15-10/h4-8H,3,9,14H2,1-2H3. The highest BCUT2D eigenvalue weighted by atomic mass is 16.2. The SMILES string of the molecule is CCn1ncc(N)c1C(=O)N(C)Cc1ccccn1. The van der Waals surface area contributed by atoms with Crippen LogP contribution < -0.4 is 5.73 Å². The maximum atomic E-state index is 12.4. The normalized spacial score (nSPS) is 10.4. The van der Waals surface area contributed by atoms with Crippen LogP contribution in [0.4, 0.5) is 5.69 Å². The number of pyridine rings is 1. The molecular formula is C13H17N5O. The van der Waals surface area contributed by atoms with Gasteiger partial charge in [-0.25, -0.2) is 0 Å². The molecule has 2 aromatic heterocycles. The highest BCUT2D eigenvalue weighted by Gasteiger charge is 2.20. The van der Waals surface area contributed by atoms with Gasteiger partial charge < -0.3 is 10.6 Å². The zero-order chi connectivity index (χ0) is 13.8. The Balaban J connectivity index is 2.17. The molecule has 0 atom stereocenters. The zero-order valence-corrected chi connectivity index (χ0v) is 11.1. The van der Waals surface area contributed by atoms with Crippen LogP contribution in [0.3, 0.4) is 0 Å². The van der Waals surface area contributed by atoms with Crippen molar-refractivity contribution in [1.29, 1.82) is 0 Å². The number of rotatable bonds is 4. The van der Waals surface area contributed by atoms with Crippen LogP contribution in [0.1, 0.15) is 23.1 Å². The molecule has 0 bridgehead atoms. The second-order valence-electron chi connectivity index (χ2n) is 4.25. The molecule has 0 saturated heterocycles. The van der Waals surface area contributed by atoms with Crippen molar-refractivity contribution in [3.8, 4) is 0 Å². The van der Waals surface area contributed by atoms with Crippen LogP contribution in [-0.4, -0.2) is 32.6 Å². The number of nitrogens with two attached hydrogens (primary N) is 1. The molecule has 0 aromatic carbocycles. The van der Waals surface area contributed by atoms with E-state index in [0.717, 1.165) is 5.69 Å². The Morgan fingerprint density at radius 3 is 2.89 bits per heavy atom. The van der Waals surface area contributed by atoms with Gasteiger partial charge in [0.05, 0.1) is 24.1 Å². The first-order valence-electron chi connectivity index (χ1n) is 6.10. The predicted octanol–water partition coefficient (Wildman–Crippen LogP) is 1.15. The Morgan fingerprint density at radius 1 is 1.47 bits per heavy atom. The van der Waals surface area contributed by atoms with E-state index in [9.17, 15) is 4.79 Å². The Bertz CT molecular complexity index is 564. The quantitative estimate of drug-likeness (QED) is 0.893. The minimum Gasteiger partial charge on any atom is -0.396 e. The third-order valence-corrected chi connectivity index (χ3v) is 2.84. The van der Waals surface area contributed by atoms with Gasteiger partial charge in [0.1, 0.15) is 5.69 Å². The van der Waals surface area contributed by atoms with Crippen LogP contribution in [0.5, 0.6) is 0 Å². The van der Waals surface area contributed by atoms with Crippen molar-refractivity contribution in [3.05, 3.63) is 42.0 Å². The van der Waals surface area contributed by atoms with E-state index in [1.165, 1.54) is 6.20 Å². The van der Waals surface area contributed by atoms with Crippen molar-refractivity contribution in [3.63, 3.8) is 0 Å². The second kappa shape index (κ2) is 5.51. The van der Waals surface area contributed by atoms with Crippen LogP contribution in [0.25, 0.3) is 0 Å². The van der Waals surface area contributed by atoms with Gasteiger partial charge in [0.2, 0.25) is 0 Å². The number of anilines is 1. The van der Waals surface area contributed by atoms with E-state index in [-0.39, 0.29) is 5.91 Å². The lowest BCUT2D eigenvalue weighted by Crippen LogP contribution is -2.29. The fourth-order valence-electron chi connectivity index (χ4n) is 1.86. The van der Waals surface area contributed by atoms with E-state index >= 15 is 0 Å². The number of aromatic nitrogens is 3. The number of aryl methyl sites for hydroxylation is 1. The van der Waals surface area contributed by atoms with Crippen LogP contribution in [0.2, 0.25) is 0 Å². The van der Waals surface area contributed by atoms with Crippen LogP contribution in [0.15, 0.2) is 30.6 Å². The van der Waals surface area contributed by atoms with Gasteiger partial charge in [-0.15, -0.1) is 0 Å². The number of carbonyl (C=O) groups is 1. The van der Waals surface area contributed by atoms with E-state index in [4.69, 9.17) is 5.73 Å². The van der Waals surface area contributed by atoms with Gasteiger partial charge in [0, 0.05) is 19.8 Å². The number of nitrogens with zero attached hydrogens (tertiary/aromatic N) is 4. The smallest absolute Gasteiger partial charge is 0.274 e. The molecule has 2 N–H and O–H groups in total. The summed E-state index contributed by atoms with van der Waals surface area (Å²) in [4.78, 5) is 18.2. The molecule has 100 valence electrons. The average Bonchev–Trinajstić information content (AvgIpc) is 2.80. The molecule has 6 heteroatoms. The third-order valence-electron chi connectivity index (χ3n) is 2.84. The molecular weight excluding hydrogens is 242 g/mol. The van der Waals surface area contributed by atoms with Gasteiger partial charge in [-0.05, 0) is 19.1 Å².